The molecule has 0 fully saturated rings. The minimum absolute atomic E-state index is 0.0932. The van der Waals surface area contributed by atoms with Gasteiger partial charge in [-0.3, -0.25) is 4.79 Å². The van der Waals surface area contributed by atoms with Gasteiger partial charge in [0.05, 0.1) is 5.69 Å². The predicted octanol–water partition coefficient (Wildman–Crippen LogP) is 2.02. The van der Waals surface area contributed by atoms with Crippen molar-refractivity contribution in [2.75, 3.05) is 6.54 Å². The Hall–Kier alpha value is -1.46. The molecule has 0 aliphatic carbocycles. The SMILES string of the molecule is NCCCn1nc(-c2ccc(Br)cc2)ccc1=O. The fourth-order valence-corrected chi connectivity index (χ4v) is 1.89. The highest BCUT2D eigenvalue weighted by Gasteiger charge is 2.03. The van der Waals surface area contributed by atoms with Gasteiger partial charge in [-0.2, -0.15) is 5.10 Å². The summed E-state index contributed by atoms with van der Waals surface area (Å²) >= 11 is 3.39. The third kappa shape index (κ3) is 3.05. The van der Waals surface area contributed by atoms with E-state index >= 15 is 0 Å². The van der Waals surface area contributed by atoms with E-state index in [4.69, 9.17) is 5.73 Å². The second-order valence-corrected chi connectivity index (χ2v) is 4.84. The summed E-state index contributed by atoms with van der Waals surface area (Å²) in [6.07, 6.45) is 0.747. The van der Waals surface area contributed by atoms with Gasteiger partial charge in [-0.15, -0.1) is 0 Å². The number of hydrogen-bond donors (Lipinski definition) is 1. The monoisotopic (exact) mass is 307 g/mol. The minimum atomic E-state index is -0.0932. The first-order valence-electron chi connectivity index (χ1n) is 5.75. The molecule has 0 aliphatic rings. The predicted molar refractivity (Wildman–Crippen MR) is 75.3 cm³/mol. The first-order chi connectivity index (χ1) is 8.70. The Kier molecular flexibility index (Phi) is 4.28. The Labute approximate surface area is 114 Å². The zero-order valence-corrected chi connectivity index (χ0v) is 11.4. The molecule has 5 heteroatoms. The molecule has 4 nitrogen and oxygen atoms in total. The number of aromatic nitrogens is 2. The standard InChI is InChI=1S/C13H14BrN3O/c14-11-4-2-10(3-5-11)12-6-7-13(18)17(16-12)9-1-8-15/h2-7H,1,8-9,15H2. The maximum absolute atomic E-state index is 11.6. The van der Waals surface area contributed by atoms with E-state index in [9.17, 15) is 4.79 Å². The molecule has 0 saturated heterocycles. The van der Waals surface area contributed by atoms with E-state index < -0.39 is 0 Å². The van der Waals surface area contributed by atoms with Crippen molar-refractivity contribution in [2.24, 2.45) is 5.73 Å². The van der Waals surface area contributed by atoms with Crippen molar-refractivity contribution in [3.05, 3.63) is 51.2 Å². The van der Waals surface area contributed by atoms with Crippen molar-refractivity contribution in [3.8, 4) is 11.3 Å². The molecule has 0 saturated carbocycles. The number of nitrogens with two attached hydrogens (primary N) is 1. The van der Waals surface area contributed by atoms with Gasteiger partial charge in [0.2, 0.25) is 0 Å². The maximum atomic E-state index is 11.6. The summed E-state index contributed by atoms with van der Waals surface area (Å²) in [7, 11) is 0. The second kappa shape index (κ2) is 5.93. The fourth-order valence-electron chi connectivity index (χ4n) is 1.62. The van der Waals surface area contributed by atoms with Crippen LogP contribution in [0.3, 0.4) is 0 Å². The van der Waals surface area contributed by atoms with E-state index in [0.29, 0.717) is 13.1 Å². The van der Waals surface area contributed by atoms with Crippen molar-refractivity contribution in [1.29, 1.82) is 0 Å². The molecule has 0 aliphatic heterocycles. The number of rotatable bonds is 4. The lowest BCUT2D eigenvalue weighted by atomic mass is 10.1. The number of benzene rings is 1. The number of nitrogens with zero attached hydrogens (tertiary/aromatic N) is 2. The van der Waals surface area contributed by atoms with Gasteiger partial charge in [0, 0.05) is 22.6 Å². The zero-order valence-electron chi connectivity index (χ0n) is 9.84. The fraction of sp³-hybridized carbons (Fsp3) is 0.231. The normalized spacial score (nSPS) is 10.6. The number of halogens is 1. The molecule has 2 aromatic rings. The van der Waals surface area contributed by atoms with Gasteiger partial charge in [0.25, 0.3) is 5.56 Å². The maximum Gasteiger partial charge on any atom is 0.266 e. The summed E-state index contributed by atoms with van der Waals surface area (Å²) in [5, 5.41) is 4.34. The van der Waals surface area contributed by atoms with Crippen LogP contribution in [-0.2, 0) is 6.54 Å². The van der Waals surface area contributed by atoms with Crippen molar-refractivity contribution < 1.29 is 0 Å². The van der Waals surface area contributed by atoms with Crippen LogP contribution < -0.4 is 11.3 Å². The summed E-state index contributed by atoms with van der Waals surface area (Å²) in [6.45, 7) is 1.11. The van der Waals surface area contributed by atoms with E-state index in [0.717, 1.165) is 22.2 Å². The van der Waals surface area contributed by atoms with Gasteiger partial charge < -0.3 is 5.73 Å². The van der Waals surface area contributed by atoms with Crippen molar-refractivity contribution >= 4 is 15.9 Å². The lowest BCUT2D eigenvalue weighted by molar-refractivity contribution is 0.556. The Bertz CT molecular complexity index is 578. The zero-order chi connectivity index (χ0) is 13.0. The van der Waals surface area contributed by atoms with Crippen molar-refractivity contribution in [2.45, 2.75) is 13.0 Å². The molecule has 1 heterocycles. The van der Waals surface area contributed by atoms with E-state index in [1.54, 1.807) is 12.1 Å². The average Bonchev–Trinajstić information content (AvgIpc) is 2.39. The second-order valence-electron chi connectivity index (χ2n) is 3.93. The molecule has 0 bridgehead atoms. The van der Waals surface area contributed by atoms with Gasteiger partial charge in [-0.25, -0.2) is 4.68 Å². The number of hydrogen-bond acceptors (Lipinski definition) is 3. The van der Waals surface area contributed by atoms with E-state index in [2.05, 4.69) is 21.0 Å². The molecule has 0 spiro atoms. The third-order valence-electron chi connectivity index (χ3n) is 2.58. The highest BCUT2D eigenvalue weighted by atomic mass is 79.9. The van der Waals surface area contributed by atoms with Crippen LogP contribution in [0.2, 0.25) is 0 Å². The Morgan fingerprint density at radius 2 is 1.89 bits per heavy atom. The van der Waals surface area contributed by atoms with Crippen molar-refractivity contribution in [1.82, 2.24) is 9.78 Å². The highest BCUT2D eigenvalue weighted by Crippen LogP contribution is 2.18. The molecule has 0 amide bonds. The topological polar surface area (TPSA) is 60.9 Å². The van der Waals surface area contributed by atoms with Crippen molar-refractivity contribution in [3.63, 3.8) is 0 Å². The van der Waals surface area contributed by atoms with Crippen LogP contribution in [0.4, 0.5) is 0 Å². The third-order valence-corrected chi connectivity index (χ3v) is 3.11. The Morgan fingerprint density at radius 3 is 2.56 bits per heavy atom. The Morgan fingerprint density at radius 1 is 1.17 bits per heavy atom. The molecular weight excluding hydrogens is 294 g/mol. The quantitative estimate of drug-likeness (QED) is 0.940. The van der Waals surface area contributed by atoms with Gasteiger partial charge in [0.15, 0.2) is 0 Å². The van der Waals surface area contributed by atoms with E-state index in [1.165, 1.54) is 4.68 Å². The van der Waals surface area contributed by atoms with Crippen LogP contribution in [0.5, 0.6) is 0 Å². The summed E-state index contributed by atoms with van der Waals surface area (Å²) in [5.41, 5.74) is 7.13. The molecule has 18 heavy (non-hydrogen) atoms. The smallest absolute Gasteiger partial charge is 0.266 e. The molecule has 1 aromatic carbocycles. The van der Waals surface area contributed by atoms with E-state index in [1.807, 2.05) is 24.3 Å². The van der Waals surface area contributed by atoms with Crippen LogP contribution >= 0.6 is 15.9 Å². The summed E-state index contributed by atoms with van der Waals surface area (Å²) in [5.74, 6) is 0. The van der Waals surface area contributed by atoms with Gasteiger partial charge in [-0.05, 0) is 31.2 Å². The molecule has 0 unspecified atom stereocenters. The first kappa shape index (κ1) is 13.0. The van der Waals surface area contributed by atoms with Crippen LogP contribution in [0.15, 0.2) is 45.7 Å². The molecule has 94 valence electrons. The minimum Gasteiger partial charge on any atom is -0.330 e. The molecule has 0 atom stereocenters. The van der Waals surface area contributed by atoms with Crippen LogP contribution in [0.1, 0.15) is 6.42 Å². The van der Waals surface area contributed by atoms with Gasteiger partial charge >= 0.3 is 0 Å². The highest BCUT2D eigenvalue weighted by molar-refractivity contribution is 9.10. The molecule has 1 aromatic heterocycles. The van der Waals surface area contributed by atoms with Gasteiger partial charge in [-0.1, -0.05) is 28.1 Å². The molecule has 2 N–H and O–H groups in total. The van der Waals surface area contributed by atoms with Crippen LogP contribution in [-0.4, -0.2) is 16.3 Å². The molecule has 2 rings (SSSR count). The summed E-state index contributed by atoms with van der Waals surface area (Å²) in [4.78, 5) is 11.6. The lowest BCUT2D eigenvalue weighted by Gasteiger charge is -2.06. The molecular formula is C13H14BrN3O. The van der Waals surface area contributed by atoms with Crippen LogP contribution in [0.25, 0.3) is 11.3 Å². The number of aryl methyl sites for hydroxylation is 1. The van der Waals surface area contributed by atoms with Gasteiger partial charge in [0.1, 0.15) is 0 Å². The largest absolute Gasteiger partial charge is 0.330 e. The molecule has 0 radical (unpaired) electrons. The summed E-state index contributed by atoms with van der Waals surface area (Å²) in [6, 6.07) is 11.1. The van der Waals surface area contributed by atoms with E-state index in [-0.39, 0.29) is 5.56 Å². The van der Waals surface area contributed by atoms with Crippen LogP contribution in [0, 0.1) is 0 Å². The summed E-state index contributed by atoms with van der Waals surface area (Å²) < 4.78 is 2.48. The lowest BCUT2D eigenvalue weighted by Crippen LogP contribution is -2.23. The first-order valence-corrected chi connectivity index (χ1v) is 6.54. The Balaban J connectivity index is 2.34. The average molecular weight is 308 g/mol.